The van der Waals surface area contributed by atoms with E-state index < -0.39 is 11.5 Å². The van der Waals surface area contributed by atoms with Crippen LogP contribution in [0.3, 0.4) is 0 Å². The van der Waals surface area contributed by atoms with Crippen molar-refractivity contribution < 1.29 is 9.53 Å². The van der Waals surface area contributed by atoms with E-state index in [0.29, 0.717) is 11.4 Å². The minimum Gasteiger partial charge on any atom is -0.383 e. The third-order valence-electron chi connectivity index (χ3n) is 5.35. The lowest BCUT2D eigenvalue weighted by Crippen LogP contribution is -2.31. The summed E-state index contributed by atoms with van der Waals surface area (Å²) in [6.07, 6.45) is 4.33. The molecule has 0 aliphatic heterocycles. The first kappa shape index (κ1) is 23.1. The van der Waals surface area contributed by atoms with Crippen LogP contribution >= 0.6 is 0 Å². The van der Waals surface area contributed by atoms with Crippen LogP contribution in [0, 0.1) is 13.8 Å². The first-order valence-electron chi connectivity index (χ1n) is 10.2. The number of pyridine rings is 1. The first-order valence-corrected chi connectivity index (χ1v) is 10.2. The number of carbonyl (C=O) groups is 1. The summed E-state index contributed by atoms with van der Waals surface area (Å²) in [5.41, 5.74) is 15.5. The van der Waals surface area contributed by atoms with E-state index in [9.17, 15) is 9.59 Å². The van der Waals surface area contributed by atoms with Gasteiger partial charge in [0.2, 0.25) is 0 Å². The summed E-state index contributed by atoms with van der Waals surface area (Å²) >= 11 is 0. The topological polar surface area (TPSA) is 138 Å². The number of nitrogens with zero attached hydrogens (tertiary/aromatic N) is 3. The van der Waals surface area contributed by atoms with Crippen LogP contribution in [-0.4, -0.2) is 27.6 Å². The molecular weight excluding hydrogens is 408 g/mol. The van der Waals surface area contributed by atoms with Gasteiger partial charge in [-0.2, -0.15) is 0 Å². The fourth-order valence-corrected chi connectivity index (χ4v) is 3.55. The van der Waals surface area contributed by atoms with Crippen molar-refractivity contribution >= 4 is 17.4 Å². The van der Waals surface area contributed by atoms with Crippen molar-refractivity contribution in [3.05, 3.63) is 75.1 Å². The van der Waals surface area contributed by atoms with Crippen LogP contribution in [0.4, 0.5) is 11.5 Å². The van der Waals surface area contributed by atoms with Gasteiger partial charge in [0.05, 0.1) is 23.7 Å². The number of nitrogens with one attached hydrogen (secondary N) is 1. The van der Waals surface area contributed by atoms with E-state index in [1.54, 1.807) is 19.4 Å². The minimum absolute atomic E-state index is 0.0929. The normalized spacial score (nSPS) is 12.9. The molecular formula is C23H28N6O3. The van der Waals surface area contributed by atoms with E-state index in [-0.39, 0.29) is 23.5 Å². The highest BCUT2D eigenvalue weighted by Crippen LogP contribution is 2.25. The number of hydrogen-bond acceptors (Lipinski definition) is 7. The van der Waals surface area contributed by atoms with E-state index in [1.807, 2.05) is 39.8 Å². The molecule has 9 nitrogen and oxygen atoms in total. The van der Waals surface area contributed by atoms with E-state index in [1.165, 1.54) is 17.1 Å². The molecule has 0 saturated carbocycles. The van der Waals surface area contributed by atoms with Crippen LogP contribution in [0.5, 0.6) is 0 Å². The fourth-order valence-electron chi connectivity index (χ4n) is 3.55. The maximum atomic E-state index is 13.3. The molecule has 0 aliphatic carbocycles. The van der Waals surface area contributed by atoms with E-state index >= 15 is 0 Å². The summed E-state index contributed by atoms with van der Waals surface area (Å²) in [4.78, 5) is 34.4. The van der Waals surface area contributed by atoms with Gasteiger partial charge in [-0.3, -0.25) is 19.1 Å². The van der Waals surface area contributed by atoms with Gasteiger partial charge in [-0.15, -0.1) is 0 Å². The van der Waals surface area contributed by atoms with Crippen molar-refractivity contribution in [2.45, 2.75) is 39.8 Å². The van der Waals surface area contributed by atoms with Crippen LogP contribution < -0.4 is 22.3 Å². The summed E-state index contributed by atoms with van der Waals surface area (Å²) in [6, 6.07) is 5.34. The predicted molar refractivity (Wildman–Crippen MR) is 124 cm³/mol. The van der Waals surface area contributed by atoms with E-state index in [0.717, 1.165) is 22.3 Å². The molecule has 2 heterocycles. The fraction of sp³-hybridized carbons (Fsp3) is 0.304. The van der Waals surface area contributed by atoms with Crippen molar-refractivity contribution in [1.29, 1.82) is 0 Å². The van der Waals surface area contributed by atoms with Gasteiger partial charge in [-0.25, -0.2) is 4.98 Å². The van der Waals surface area contributed by atoms with Crippen LogP contribution in [0.2, 0.25) is 0 Å². The summed E-state index contributed by atoms with van der Waals surface area (Å²) in [5.74, 6) is -0.821. The molecule has 32 heavy (non-hydrogen) atoms. The number of carbonyl (C=O) groups excluding carboxylic acids is 1. The smallest absolute Gasteiger partial charge is 0.272 e. The second-order valence-corrected chi connectivity index (χ2v) is 7.81. The molecule has 2 atom stereocenters. The maximum Gasteiger partial charge on any atom is 0.272 e. The zero-order valence-electron chi connectivity index (χ0n) is 18.8. The number of amides is 1. The van der Waals surface area contributed by atoms with Gasteiger partial charge >= 0.3 is 0 Å². The number of hydrogen-bond donors (Lipinski definition) is 3. The SMILES string of the molecule is CO[C@H](C)c1cc(C)c(-n2cnc(N)c(C(=O)Nc3cncc([C@@H](C)N)c3)c2=O)c(C)c1. The van der Waals surface area contributed by atoms with Crippen LogP contribution in [0.25, 0.3) is 5.69 Å². The Morgan fingerprint density at radius 1 is 1.12 bits per heavy atom. The number of methoxy groups -OCH3 is 1. The van der Waals surface area contributed by atoms with Gasteiger partial charge in [0.1, 0.15) is 17.7 Å². The second kappa shape index (κ2) is 9.29. The van der Waals surface area contributed by atoms with Crippen molar-refractivity contribution in [2.24, 2.45) is 5.73 Å². The zero-order chi connectivity index (χ0) is 23.6. The van der Waals surface area contributed by atoms with Crippen molar-refractivity contribution in [3.63, 3.8) is 0 Å². The highest BCUT2D eigenvalue weighted by Gasteiger charge is 2.21. The van der Waals surface area contributed by atoms with Crippen molar-refractivity contribution in [2.75, 3.05) is 18.2 Å². The van der Waals surface area contributed by atoms with Crippen LogP contribution in [0.1, 0.15) is 58.6 Å². The molecule has 5 N–H and O–H groups in total. The third kappa shape index (κ3) is 4.53. The summed E-state index contributed by atoms with van der Waals surface area (Å²) in [6.45, 7) is 7.54. The molecule has 9 heteroatoms. The lowest BCUT2D eigenvalue weighted by Gasteiger charge is -2.18. The Hall–Kier alpha value is -3.56. The van der Waals surface area contributed by atoms with Gasteiger partial charge in [-0.05, 0) is 56.0 Å². The molecule has 0 saturated heterocycles. The lowest BCUT2D eigenvalue weighted by atomic mass is 10.0. The van der Waals surface area contributed by atoms with Gasteiger partial charge in [0, 0.05) is 19.3 Å². The van der Waals surface area contributed by atoms with E-state index in [2.05, 4.69) is 15.3 Å². The Morgan fingerprint density at radius 3 is 2.38 bits per heavy atom. The van der Waals surface area contributed by atoms with Crippen molar-refractivity contribution in [3.8, 4) is 5.69 Å². The Morgan fingerprint density at radius 2 is 1.78 bits per heavy atom. The molecule has 0 bridgehead atoms. The quantitative estimate of drug-likeness (QED) is 0.540. The maximum absolute atomic E-state index is 13.3. The average molecular weight is 437 g/mol. The van der Waals surface area contributed by atoms with Gasteiger partial charge in [0.25, 0.3) is 11.5 Å². The molecule has 0 spiro atoms. The number of anilines is 2. The first-order chi connectivity index (χ1) is 15.1. The van der Waals surface area contributed by atoms with Crippen molar-refractivity contribution in [1.82, 2.24) is 14.5 Å². The van der Waals surface area contributed by atoms with Crippen LogP contribution in [-0.2, 0) is 4.74 Å². The number of nitrogens with two attached hydrogens (primary N) is 2. The lowest BCUT2D eigenvalue weighted by molar-refractivity contribution is 0.102. The summed E-state index contributed by atoms with van der Waals surface area (Å²) in [5, 5.41) is 2.67. The molecule has 1 amide bonds. The number of nitrogen functional groups attached to an aromatic ring is 1. The predicted octanol–water partition coefficient (Wildman–Crippen LogP) is 2.81. The standard InChI is InChI=1S/C23H28N6O3/c1-12-6-16(15(4)32-5)7-13(2)20(12)29-11-27-21(25)19(23(29)31)22(30)28-18-8-17(14(3)24)9-26-10-18/h6-11,14-15H,24-25H2,1-5H3,(H,28,30)/t14-,15-/m1/s1. The van der Waals surface area contributed by atoms with E-state index in [4.69, 9.17) is 16.2 Å². The molecule has 0 unspecified atom stereocenters. The largest absolute Gasteiger partial charge is 0.383 e. The Kier molecular flexibility index (Phi) is 6.71. The van der Waals surface area contributed by atoms with Gasteiger partial charge in [0.15, 0.2) is 0 Å². The second-order valence-electron chi connectivity index (χ2n) is 7.81. The zero-order valence-corrected chi connectivity index (χ0v) is 18.8. The number of aromatic nitrogens is 3. The molecule has 3 rings (SSSR count). The molecule has 0 radical (unpaired) electrons. The number of benzene rings is 1. The molecule has 0 fully saturated rings. The molecule has 2 aromatic heterocycles. The van der Waals surface area contributed by atoms with Gasteiger partial charge in [-0.1, -0.05) is 12.1 Å². The molecule has 168 valence electrons. The van der Waals surface area contributed by atoms with Gasteiger partial charge < -0.3 is 21.5 Å². The Bertz CT molecular complexity index is 1200. The van der Waals surface area contributed by atoms with Crippen LogP contribution in [0.15, 0.2) is 41.7 Å². The molecule has 0 aliphatic rings. The minimum atomic E-state index is -0.669. The highest BCUT2D eigenvalue weighted by molar-refractivity contribution is 6.06. The summed E-state index contributed by atoms with van der Waals surface area (Å²) < 4.78 is 6.74. The number of ether oxygens (including phenoxy) is 1. The number of rotatable bonds is 6. The Labute approximate surface area is 186 Å². The third-order valence-corrected chi connectivity index (χ3v) is 5.35. The molecule has 1 aromatic carbocycles. The Balaban J connectivity index is 2.04. The summed E-state index contributed by atoms with van der Waals surface area (Å²) in [7, 11) is 1.64. The number of aryl methyl sites for hydroxylation is 2. The highest BCUT2D eigenvalue weighted by atomic mass is 16.5. The monoisotopic (exact) mass is 436 g/mol. The molecule has 3 aromatic rings. The average Bonchev–Trinajstić information content (AvgIpc) is 2.74.